The van der Waals surface area contributed by atoms with E-state index in [2.05, 4.69) is 130 Å². The predicted octanol–water partition coefficient (Wildman–Crippen LogP) is 24.2. The highest BCUT2D eigenvalue weighted by Crippen LogP contribution is 2.17. The molecule has 470 valence electrons. The summed E-state index contributed by atoms with van der Waals surface area (Å²) < 4.78 is 16.9. The van der Waals surface area contributed by atoms with Crippen LogP contribution in [0.25, 0.3) is 0 Å². The first-order valence-corrected chi connectivity index (χ1v) is 34.9. The summed E-state index contributed by atoms with van der Waals surface area (Å²) in [6.07, 6.45) is 95.6. The molecule has 0 aromatic carbocycles. The number of rotatable bonds is 63. The molecule has 0 fully saturated rings. The molecular formula is C76H130O6. The molecule has 0 aliphatic rings. The fourth-order valence-corrected chi connectivity index (χ4v) is 9.88. The van der Waals surface area contributed by atoms with E-state index in [1.807, 2.05) is 0 Å². The Labute approximate surface area is 508 Å². The molecule has 6 heteroatoms. The molecule has 1 unspecified atom stereocenters. The van der Waals surface area contributed by atoms with Gasteiger partial charge in [-0.2, -0.15) is 0 Å². The second-order valence-corrected chi connectivity index (χ2v) is 23.0. The van der Waals surface area contributed by atoms with E-state index in [1.165, 1.54) is 180 Å². The normalized spacial score (nSPS) is 12.8. The van der Waals surface area contributed by atoms with Gasteiger partial charge in [-0.15, -0.1) is 0 Å². The van der Waals surface area contributed by atoms with Gasteiger partial charge in [-0.25, -0.2) is 0 Å². The summed E-state index contributed by atoms with van der Waals surface area (Å²) in [6.45, 7) is 6.41. The molecule has 0 spiro atoms. The Morgan fingerprint density at radius 1 is 0.256 bits per heavy atom. The maximum atomic E-state index is 12.9. The summed E-state index contributed by atoms with van der Waals surface area (Å²) in [6, 6.07) is 0. The molecule has 0 saturated heterocycles. The summed E-state index contributed by atoms with van der Waals surface area (Å²) in [5, 5.41) is 0. The number of ether oxygens (including phenoxy) is 3. The second-order valence-electron chi connectivity index (χ2n) is 23.0. The first kappa shape index (κ1) is 78.1. The third-order valence-electron chi connectivity index (χ3n) is 15.0. The lowest BCUT2D eigenvalue weighted by atomic mass is 10.0. The van der Waals surface area contributed by atoms with Crippen molar-refractivity contribution in [3.8, 4) is 0 Å². The summed E-state index contributed by atoms with van der Waals surface area (Å²) in [5.74, 6) is -0.917. The van der Waals surface area contributed by atoms with Crippen LogP contribution in [0.5, 0.6) is 0 Å². The Morgan fingerprint density at radius 3 is 0.768 bits per heavy atom. The summed E-state index contributed by atoms with van der Waals surface area (Å²) >= 11 is 0. The van der Waals surface area contributed by atoms with E-state index in [9.17, 15) is 14.4 Å². The molecule has 0 aliphatic carbocycles. The highest BCUT2D eigenvalue weighted by Gasteiger charge is 2.19. The van der Waals surface area contributed by atoms with Crippen LogP contribution in [0.1, 0.15) is 335 Å². The predicted molar refractivity (Wildman–Crippen MR) is 357 cm³/mol. The van der Waals surface area contributed by atoms with Gasteiger partial charge in [-0.05, 0) is 103 Å². The van der Waals surface area contributed by atoms with E-state index in [-0.39, 0.29) is 37.5 Å². The van der Waals surface area contributed by atoms with Crippen molar-refractivity contribution < 1.29 is 28.6 Å². The molecule has 0 heterocycles. The van der Waals surface area contributed by atoms with Crippen LogP contribution in [0.4, 0.5) is 0 Å². The van der Waals surface area contributed by atoms with Crippen LogP contribution < -0.4 is 0 Å². The van der Waals surface area contributed by atoms with Crippen molar-refractivity contribution in [2.75, 3.05) is 13.2 Å². The maximum absolute atomic E-state index is 12.9. The lowest BCUT2D eigenvalue weighted by Gasteiger charge is -2.18. The zero-order chi connectivity index (χ0) is 59.2. The van der Waals surface area contributed by atoms with Gasteiger partial charge in [0.2, 0.25) is 0 Å². The first-order chi connectivity index (χ1) is 40.5. The van der Waals surface area contributed by atoms with Crippen molar-refractivity contribution in [2.24, 2.45) is 0 Å². The molecular weight excluding hydrogens is 1010 g/mol. The van der Waals surface area contributed by atoms with E-state index in [0.29, 0.717) is 19.3 Å². The molecule has 0 amide bonds. The molecule has 6 nitrogen and oxygen atoms in total. The number of hydrogen-bond donors (Lipinski definition) is 0. The van der Waals surface area contributed by atoms with Gasteiger partial charge in [-0.3, -0.25) is 14.4 Å². The van der Waals surface area contributed by atoms with E-state index >= 15 is 0 Å². The SMILES string of the molecule is CC/C=C\C/C=C\C/C=C\C/C=C\C/C=C\CCCCCCCCCCCCCCCCCCCCCC(=O)OCC(COC(=O)CCCCCCCCCCCCCCCC)OC(=O)CCCC/C=C\C/C=C\C/C=C\C/C=C\CC. The van der Waals surface area contributed by atoms with Crippen LogP contribution in [-0.4, -0.2) is 37.2 Å². The second kappa shape index (κ2) is 69.6. The molecule has 0 aromatic rings. The average molecular weight is 1140 g/mol. The van der Waals surface area contributed by atoms with Gasteiger partial charge < -0.3 is 14.2 Å². The van der Waals surface area contributed by atoms with E-state index in [0.717, 1.165) is 109 Å². The van der Waals surface area contributed by atoms with Gasteiger partial charge in [0.1, 0.15) is 13.2 Å². The number of carbonyl (C=O) groups excluding carboxylic acids is 3. The summed E-state index contributed by atoms with van der Waals surface area (Å²) in [5.41, 5.74) is 0. The fourth-order valence-electron chi connectivity index (χ4n) is 9.88. The van der Waals surface area contributed by atoms with Gasteiger partial charge in [0.25, 0.3) is 0 Å². The Bertz CT molecular complexity index is 1640. The van der Waals surface area contributed by atoms with Crippen molar-refractivity contribution >= 4 is 17.9 Å². The van der Waals surface area contributed by atoms with E-state index in [4.69, 9.17) is 14.2 Å². The number of allylic oxidation sites excluding steroid dienone is 18. The van der Waals surface area contributed by atoms with Crippen LogP contribution in [0.3, 0.4) is 0 Å². The third-order valence-corrected chi connectivity index (χ3v) is 15.0. The highest BCUT2D eigenvalue weighted by atomic mass is 16.6. The van der Waals surface area contributed by atoms with Crippen molar-refractivity contribution in [2.45, 2.75) is 341 Å². The first-order valence-electron chi connectivity index (χ1n) is 34.9. The topological polar surface area (TPSA) is 78.9 Å². The Balaban J connectivity index is 4.15. The van der Waals surface area contributed by atoms with E-state index < -0.39 is 6.10 Å². The fraction of sp³-hybridized carbons (Fsp3) is 0.724. The van der Waals surface area contributed by atoms with Crippen LogP contribution in [0.2, 0.25) is 0 Å². The quantitative estimate of drug-likeness (QED) is 0.0261. The van der Waals surface area contributed by atoms with Crippen LogP contribution in [0, 0.1) is 0 Å². The average Bonchev–Trinajstić information content (AvgIpc) is 3.48. The van der Waals surface area contributed by atoms with Crippen molar-refractivity contribution in [1.82, 2.24) is 0 Å². The van der Waals surface area contributed by atoms with E-state index in [1.54, 1.807) is 0 Å². The van der Waals surface area contributed by atoms with Gasteiger partial charge in [0.05, 0.1) is 0 Å². The lowest BCUT2D eigenvalue weighted by Crippen LogP contribution is -2.30. The van der Waals surface area contributed by atoms with Crippen LogP contribution >= 0.6 is 0 Å². The Hall–Kier alpha value is -3.93. The molecule has 82 heavy (non-hydrogen) atoms. The maximum Gasteiger partial charge on any atom is 0.306 e. The van der Waals surface area contributed by atoms with Crippen LogP contribution in [0.15, 0.2) is 109 Å². The molecule has 0 saturated carbocycles. The molecule has 0 rings (SSSR count). The third kappa shape index (κ3) is 66.9. The summed E-state index contributed by atoms with van der Waals surface area (Å²) in [4.78, 5) is 38.3. The van der Waals surface area contributed by atoms with Crippen molar-refractivity contribution in [3.05, 3.63) is 109 Å². The number of carbonyl (C=O) groups is 3. The molecule has 0 radical (unpaired) electrons. The van der Waals surface area contributed by atoms with Crippen molar-refractivity contribution in [1.29, 1.82) is 0 Å². The van der Waals surface area contributed by atoms with Gasteiger partial charge in [0, 0.05) is 19.3 Å². The largest absolute Gasteiger partial charge is 0.462 e. The van der Waals surface area contributed by atoms with Gasteiger partial charge in [-0.1, -0.05) is 323 Å². The smallest absolute Gasteiger partial charge is 0.306 e. The zero-order valence-electron chi connectivity index (χ0n) is 54.0. The minimum atomic E-state index is -0.798. The van der Waals surface area contributed by atoms with Crippen LogP contribution in [-0.2, 0) is 28.6 Å². The standard InChI is InChI=1S/C76H130O6/c1-4-7-10-13-16-19-22-25-28-29-30-31-32-33-34-35-36-37-38-39-40-41-42-43-44-45-46-47-49-51-54-57-60-63-66-69-75(78)81-72-73(71-80-74(77)68-65-62-59-56-53-50-27-24-21-18-15-12-9-6-3)82-76(79)70-67-64-61-58-55-52-48-26-23-20-17-14-11-8-5-2/h7-8,10-11,16-17,19-20,25-26,28,30-31,33-34,48,55,58,73H,4-6,9,12-15,18,21-24,27,29,32,35-47,49-54,56-57,59-72H2,1-3H3/b10-7-,11-8-,19-16-,20-17-,28-25-,31-30-,34-33-,48-26-,58-55-. The van der Waals surface area contributed by atoms with Crippen molar-refractivity contribution in [3.63, 3.8) is 0 Å². The monoisotopic (exact) mass is 1140 g/mol. The molecule has 0 N–H and O–H groups in total. The highest BCUT2D eigenvalue weighted by molar-refractivity contribution is 5.71. The molecule has 0 aromatic heterocycles. The number of esters is 3. The number of hydrogen-bond acceptors (Lipinski definition) is 6. The molecule has 0 bridgehead atoms. The minimum absolute atomic E-state index is 0.0899. The molecule has 1 atom stereocenters. The minimum Gasteiger partial charge on any atom is -0.462 e. The molecule has 0 aliphatic heterocycles. The summed E-state index contributed by atoms with van der Waals surface area (Å²) in [7, 11) is 0. The Morgan fingerprint density at radius 2 is 0.476 bits per heavy atom. The Kier molecular flexibility index (Phi) is 66.2. The van der Waals surface area contributed by atoms with Gasteiger partial charge >= 0.3 is 17.9 Å². The zero-order valence-corrected chi connectivity index (χ0v) is 54.0. The lowest BCUT2D eigenvalue weighted by molar-refractivity contribution is -0.167. The number of unbranched alkanes of at least 4 members (excludes halogenated alkanes) is 34. The van der Waals surface area contributed by atoms with Gasteiger partial charge in [0.15, 0.2) is 6.10 Å².